The molecule has 0 aliphatic carbocycles. The highest BCUT2D eigenvalue weighted by atomic mass is 16.6. The highest BCUT2D eigenvalue weighted by molar-refractivity contribution is 5.68. The van der Waals surface area contributed by atoms with Crippen molar-refractivity contribution in [3.8, 4) is 12.3 Å². The molecule has 1 fully saturated rings. The highest BCUT2D eigenvalue weighted by Gasteiger charge is 2.26. The Morgan fingerprint density at radius 2 is 2.20 bits per heavy atom. The molecular weight excluding hydrogens is 190 g/mol. The van der Waals surface area contributed by atoms with Gasteiger partial charge in [0.05, 0.1) is 0 Å². The van der Waals surface area contributed by atoms with Crippen LogP contribution in [0, 0.1) is 18.3 Å². The summed E-state index contributed by atoms with van der Waals surface area (Å²) in [5.74, 6) is 2.89. The van der Waals surface area contributed by atoms with Gasteiger partial charge in [0.1, 0.15) is 5.60 Å². The predicted molar refractivity (Wildman–Crippen MR) is 59.4 cm³/mol. The number of terminal acetylenes is 1. The van der Waals surface area contributed by atoms with Crippen LogP contribution in [0.25, 0.3) is 0 Å². The van der Waals surface area contributed by atoms with E-state index in [0.717, 1.165) is 19.4 Å². The lowest BCUT2D eigenvalue weighted by Gasteiger charge is -2.32. The Kier molecular flexibility index (Phi) is 3.62. The fourth-order valence-corrected chi connectivity index (χ4v) is 1.61. The number of amides is 1. The van der Waals surface area contributed by atoms with Gasteiger partial charge >= 0.3 is 6.09 Å². The summed E-state index contributed by atoms with van der Waals surface area (Å²) < 4.78 is 5.29. The second-order valence-electron chi connectivity index (χ2n) is 4.93. The zero-order valence-electron chi connectivity index (χ0n) is 9.75. The van der Waals surface area contributed by atoms with Gasteiger partial charge in [-0.2, -0.15) is 0 Å². The molecule has 3 nitrogen and oxygen atoms in total. The van der Waals surface area contributed by atoms with Gasteiger partial charge in [0.2, 0.25) is 0 Å². The number of carbonyl (C=O) groups excluding carboxylic acids is 1. The normalized spacial score (nSPS) is 22.0. The fourth-order valence-electron chi connectivity index (χ4n) is 1.61. The summed E-state index contributed by atoms with van der Waals surface area (Å²) in [4.78, 5) is 13.4. The van der Waals surface area contributed by atoms with E-state index < -0.39 is 5.60 Å². The molecule has 84 valence electrons. The molecule has 1 atom stereocenters. The molecule has 1 saturated heterocycles. The van der Waals surface area contributed by atoms with E-state index in [1.807, 2.05) is 20.8 Å². The first-order valence-corrected chi connectivity index (χ1v) is 5.36. The monoisotopic (exact) mass is 209 g/mol. The Morgan fingerprint density at radius 1 is 1.53 bits per heavy atom. The quantitative estimate of drug-likeness (QED) is 0.573. The van der Waals surface area contributed by atoms with Crippen LogP contribution in [-0.4, -0.2) is 29.7 Å². The molecule has 0 N–H and O–H groups in total. The lowest BCUT2D eigenvalue weighted by Crippen LogP contribution is -2.42. The first kappa shape index (κ1) is 11.9. The summed E-state index contributed by atoms with van der Waals surface area (Å²) >= 11 is 0. The van der Waals surface area contributed by atoms with Crippen molar-refractivity contribution in [1.82, 2.24) is 4.90 Å². The molecule has 0 bridgehead atoms. The summed E-state index contributed by atoms with van der Waals surface area (Å²) in [7, 11) is 0. The molecule has 0 radical (unpaired) electrons. The van der Waals surface area contributed by atoms with E-state index in [9.17, 15) is 4.79 Å². The van der Waals surface area contributed by atoms with Crippen LogP contribution < -0.4 is 0 Å². The second kappa shape index (κ2) is 4.57. The van der Waals surface area contributed by atoms with Gasteiger partial charge in [-0.3, -0.25) is 0 Å². The number of ether oxygens (including phenoxy) is 1. The Morgan fingerprint density at radius 3 is 2.73 bits per heavy atom. The second-order valence-corrected chi connectivity index (χ2v) is 4.93. The maximum atomic E-state index is 11.7. The van der Waals surface area contributed by atoms with E-state index in [1.54, 1.807) is 4.90 Å². The van der Waals surface area contributed by atoms with Crippen LogP contribution in [0.2, 0.25) is 0 Å². The van der Waals surface area contributed by atoms with Crippen molar-refractivity contribution in [3.05, 3.63) is 0 Å². The number of rotatable bonds is 0. The molecule has 0 unspecified atom stereocenters. The van der Waals surface area contributed by atoms with E-state index in [0.29, 0.717) is 6.54 Å². The van der Waals surface area contributed by atoms with Gasteiger partial charge < -0.3 is 9.64 Å². The average molecular weight is 209 g/mol. The minimum atomic E-state index is -0.430. The molecule has 0 saturated carbocycles. The average Bonchev–Trinajstić information content (AvgIpc) is 2.15. The standard InChI is InChI=1S/C12H19NO2/c1-5-10-7-6-8-13(9-10)11(14)15-12(2,3)4/h1,10H,6-9H2,2-4H3/t10-/m1/s1. The van der Waals surface area contributed by atoms with Crippen LogP contribution in [0.15, 0.2) is 0 Å². The van der Waals surface area contributed by atoms with Crippen molar-refractivity contribution in [2.24, 2.45) is 5.92 Å². The molecule has 1 rings (SSSR count). The van der Waals surface area contributed by atoms with Gasteiger partial charge in [-0.15, -0.1) is 12.3 Å². The van der Waals surface area contributed by atoms with Crippen molar-refractivity contribution in [3.63, 3.8) is 0 Å². The number of hydrogen-bond acceptors (Lipinski definition) is 2. The number of piperidine rings is 1. The van der Waals surface area contributed by atoms with E-state index in [2.05, 4.69) is 5.92 Å². The van der Waals surface area contributed by atoms with Crippen LogP contribution in [0.1, 0.15) is 33.6 Å². The Hall–Kier alpha value is -1.17. The summed E-state index contributed by atoms with van der Waals surface area (Å²) in [5.41, 5.74) is -0.430. The molecule has 0 aromatic rings. The smallest absolute Gasteiger partial charge is 0.410 e. The van der Waals surface area contributed by atoms with Crippen molar-refractivity contribution < 1.29 is 9.53 Å². The van der Waals surface area contributed by atoms with E-state index in [1.165, 1.54) is 0 Å². The molecule has 1 amide bonds. The zero-order chi connectivity index (χ0) is 11.5. The Balaban J connectivity index is 2.50. The molecule has 15 heavy (non-hydrogen) atoms. The van der Waals surface area contributed by atoms with E-state index >= 15 is 0 Å². The third-order valence-corrected chi connectivity index (χ3v) is 2.31. The number of hydrogen-bond donors (Lipinski definition) is 0. The minimum absolute atomic E-state index is 0.186. The predicted octanol–water partition coefficient (Wildman–Crippen LogP) is 2.27. The van der Waals surface area contributed by atoms with Crippen molar-refractivity contribution in [2.45, 2.75) is 39.2 Å². The van der Waals surface area contributed by atoms with E-state index in [-0.39, 0.29) is 12.0 Å². The minimum Gasteiger partial charge on any atom is -0.444 e. The zero-order valence-corrected chi connectivity index (χ0v) is 9.75. The SMILES string of the molecule is C#C[C@@H]1CCCN(C(=O)OC(C)(C)C)C1. The summed E-state index contributed by atoms with van der Waals surface area (Å²) in [6.07, 6.45) is 7.09. The molecular formula is C12H19NO2. The van der Waals surface area contributed by atoms with Crippen LogP contribution in [0.5, 0.6) is 0 Å². The summed E-state index contributed by atoms with van der Waals surface area (Å²) in [6, 6.07) is 0. The van der Waals surface area contributed by atoms with Gasteiger partial charge in [0, 0.05) is 19.0 Å². The third-order valence-electron chi connectivity index (χ3n) is 2.31. The molecule has 1 heterocycles. The van der Waals surface area contributed by atoms with Crippen LogP contribution in [0.4, 0.5) is 4.79 Å². The summed E-state index contributed by atoms with van der Waals surface area (Å²) in [5, 5.41) is 0. The van der Waals surface area contributed by atoms with Crippen molar-refractivity contribution in [2.75, 3.05) is 13.1 Å². The van der Waals surface area contributed by atoms with Gasteiger partial charge in [-0.25, -0.2) is 4.79 Å². The Labute approximate surface area is 91.8 Å². The van der Waals surface area contributed by atoms with Gasteiger partial charge in [0.25, 0.3) is 0 Å². The molecule has 0 spiro atoms. The maximum Gasteiger partial charge on any atom is 0.410 e. The molecule has 1 aliphatic heterocycles. The number of likely N-dealkylation sites (tertiary alicyclic amines) is 1. The Bertz CT molecular complexity index is 272. The first-order chi connectivity index (χ1) is 6.92. The summed E-state index contributed by atoms with van der Waals surface area (Å²) in [6.45, 7) is 6.99. The largest absolute Gasteiger partial charge is 0.444 e. The van der Waals surface area contributed by atoms with E-state index in [4.69, 9.17) is 11.2 Å². The van der Waals surface area contributed by atoms with Gasteiger partial charge in [-0.1, -0.05) is 0 Å². The lowest BCUT2D eigenvalue weighted by atomic mass is 9.99. The molecule has 0 aromatic heterocycles. The topological polar surface area (TPSA) is 29.5 Å². The third kappa shape index (κ3) is 3.83. The first-order valence-electron chi connectivity index (χ1n) is 5.36. The van der Waals surface area contributed by atoms with Crippen molar-refractivity contribution >= 4 is 6.09 Å². The lowest BCUT2D eigenvalue weighted by molar-refractivity contribution is 0.0190. The number of nitrogens with zero attached hydrogens (tertiary/aromatic N) is 1. The number of carbonyl (C=O) groups is 1. The maximum absolute atomic E-state index is 11.7. The van der Waals surface area contributed by atoms with Gasteiger partial charge in [-0.05, 0) is 33.6 Å². The highest BCUT2D eigenvalue weighted by Crippen LogP contribution is 2.18. The van der Waals surface area contributed by atoms with Crippen LogP contribution in [-0.2, 0) is 4.74 Å². The molecule has 0 aromatic carbocycles. The van der Waals surface area contributed by atoms with Crippen molar-refractivity contribution in [1.29, 1.82) is 0 Å². The molecule has 3 heteroatoms. The van der Waals surface area contributed by atoms with Crippen LogP contribution >= 0.6 is 0 Å². The molecule has 1 aliphatic rings. The fraction of sp³-hybridized carbons (Fsp3) is 0.750. The van der Waals surface area contributed by atoms with Crippen LogP contribution in [0.3, 0.4) is 0 Å². The van der Waals surface area contributed by atoms with Gasteiger partial charge in [0.15, 0.2) is 0 Å².